The molecule has 0 amide bonds. The van der Waals surface area contributed by atoms with E-state index in [1.807, 2.05) is 19.1 Å². The van der Waals surface area contributed by atoms with Gasteiger partial charge in [0, 0.05) is 12.2 Å². The lowest BCUT2D eigenvalue weighted by molar-refractivity contribution is 0.574. The maximum absolute atomic E-state index is 12.7. The fourth-order valence-corrected chi connectivity index (χ4v) is 5.92. The molecule has 1 aliphatic rings. The molecule has 2 aromatic rings. The molecule has 2 aromatic carbocycles. The van der Waals surface area contributed by atoms with Gasteiger partial charge in [-0.2, -0.15) is 0 Å². The molecule has 1 saturated heterocycles. The van der Waals surface area contributed by atoms with E-state index >= 15 is 0 Å². The van der Waals surface area contributed by atoms with E-state index in [0.717, 1.165) is 12.0 Å². The van der Waals surface area contributed by atoms with E-state index in [-0.39, 0.29) is 10.6 Å². The van der Waals surface area contributed by atoms with Crippen molar-refractivity contribution in [1.29, 1.82) is 0 Å². The van der Waals surface area contributed by atoms with Crippen molar-refractivity contribution in [2.45, 2.75) is 31.6 Å². The molecule has 8 heteroatoms. The van der Waals surface area contributed by atoms with Crippen LogP contribution >= 0.6 is 0 Å². The molecule has 0 atom stereocenters. The molecular weight excluding hydrogens is 372 g/mol. The zero-order chi connectivity index (χ0) is 18.9. The quantitative estimate of drug-likeness (QED) is 0.864. The van der Waals surface area contributed by atoms with Crippen LogP contribution in [0.4, 0.5) is 11.4 Å². The number of rotatable bonds is 4. The van der Waals surface area contributed by atoms with Crippen LogP contribution < -0.4 is 9.03 Å². The highest BCUT2D eigenvalue weighted by Gasteiger charge is 2.27. The fourth-order valence-electron chi connectivity index (χ4n) is 3.00. The van der Waals surface area contributed by atoms with Gasteiger partial charge in [0.2, 0.25) is 10.0 Å². The van der Waals surface area contributed by atoms with Crippen LogP contribution in [0.1, 0.15) is 24.0 Å². The first-order chi connectivity index (χ1) is 12.2. The molecule has 0 bridgehead atoms. The first-order valence-electron chi connectivity index (χ1n) is 8.40. The number of anilines is 2. The molecule has 1 fully saturated rings. The molecule has 26 heavy (non-hydrogen) atoms. The van der Waals surface area contributed by atoms with Crippen LogP contribution in [0.3, 0.4) is 0 Å². The monoisotopic (exact) mass is 394 g/mol. The van der Waals surface area contributed by atoms with Crippen molar-refractivity contribution in [3.05, 3.63) is 53.6 Å². The predicted octanol–water partition coefficient (Wildman–Crippen LogP) is 3.03. The molecule has 0 aromatic heterocycles. The van der Waals surface area contributed by atoms with Gasteiger partial charge in [-0.15, -0.1) is 0 Å². The largest absolute Gasteiger partial charge is 0.280 e. The van der Waals surface area contributed by atoms with Gasteiger partial charge in [-0.05, 0) is 62.6 Å². The van der Waals surface area contributed by atoms with Gasteiger partial charge < -0.3 is 0 Å². The molecule has 0 unspecified atom stereocenters. The van der Waals surface area contributed by atoms with Crippen molar-refractivity contribution in [3.8, 4) is 0 Å². The predicted molar refractivity (Wildman–Crippen MR) is 104 cm³/mol. The topological polar surface area (TPSA) is 83.6 Å². The zero-order valence-electron chi connectivity index (χ0n) is 14.8. The third kappa shape index (κ3) is 3.86. The Hall–Kier alpha value is -2.06. The summed E-state index contributed by atoms with van der Waals surface area (Å²) < 4.78 is 53.8. The SMILES string of the molecule is Cc1ccc(NS(=O)(=O)c2ccc(N3CCCCS3(=O)=O)cc2C)cc1. The summed E-state index contributed by atoms with van der Waals surface area (Å²) in [6.07, 6.45) is 1.46. The first kappa shape index (κ1) is 18.7. The highest BCUT2D eigenvalue weighted by atomic mass is 32.2. The molecule has 0 spiro atoms. The van der Waals surface area contributed by atoms with Gasteiger partial charge in [0.1, 0.15) is 0 Å². The average Bonchev–Trinajstić information content (AvgIpc) is 2.56. The summed E-state index contributed by atoms with van der Waals surface area (Å²) >= 11 is 0. The van der Waals surface area contributed by atoms with Crippen LogP contribution in [-0.4, -0.2) is 29.1 Å². The smallest absolute Gasteiger partial charge is 0.262 e. The summed E-state index contributed by atoms with van der Waals surface area (Å²) in [5.74, 6) is 0.126. The summed E-state index contributed by atoms with van der Waals surface area (Å²) in [4.78, 5) is 0.135. The summed E-state index contributed by atoms with van der Waals surface area (Å²) in [5.41, 5.74) is 2.54. The molecule has 1 aliphatic heterocycles. The van der Waals surface area contributed by atoms with Crippen molar-refractivity contribution in [2.24, 2.45) is 0 Å². The van der Waals surface area contributed by atoms with Crippen molar-refractivity contribution < 1.29 is 16.8 Å². The normalized spacial score (nSPS) is 17.1. The minimum atomic E-state index is -3.75. The Labute approximate surface area is 155 Å². The Morgan fingerprint density at radius 2 is 1.69 bits per heavy atom. The fraction of sp³-hybridized carbons (Fsp3) is 0.333. The second-order valence-corrected chi connectivity index (χ2v) is 10.2. The Morgan fingerprint density at radius 1 is 1.00 bits per heavy atom. The van der Waals surface area contributed by atoms with E-state index in [1.165, 1.54) is 10.4 Å². The molecule has 140 valence electrons. The van der Waals surface area contributed by atoms with Gasteiger partial charge in [-0.25, -0.2) is 16.8 Å². The summed E-state index contributed by atoms with van der Waals surface area (Å²) in [5, 5.41) is 0. The molecule has 0 aliphatic carbocycles. The molecular formula is C18H22N2O4S2. The second-order valence-electron chi connectivity index (χ2n) is 6.52. The van der Waals surface area contributed by atoms with Gasteiger partial charge >= 0.3 is 0 Å². The zero-order valence-corrected chi connectivity index (χ0v) is 16.4. The highest BCUT2D eigenvalue weighted by molar-refractivity contribution is 7.93. The van der Waals surface area contributed by atoms with E-state index < -0.39 is 20.0 Å². The molecule has 1 N–H and O–H groups in total. The van der Waals surface area contributed by atoms with Crippen LogP contribution in [0, 0.1) is 13.8 Å². The third-order valence-corrected chi connectivity index (χ3v) is 7.80. The number of sulfonamides is 2. The maximum atomic E-state index is 12.7. The van der Waals surface area contributed by atoms with Crippen LogP contribution in [-0.2, 0) is 20.0 Å². The minimum absolute atomic E-state index is 0.126. The van der Waals surface area contributed by atoms with E-state index in [2.05, 4.69) is 4.72 Å². The number of nitrogens with one attached hydrogen (secondary N) is 1. The van der Waals surface area contributed by atoms with Crippen LogP contribution in [0.15, 0.2) is 47.4 Å². The summed E-state index contributed by atoms with van der Waals surface area (Å²) in [6, 6.07) is 11.7. The Morgan fingerprint density at radius 3 is 2.31 bits per heavy atom. The highest BCUT2D eigenvalue weighted by Crippen LogP contribution is 2.28. The van der Waals surface area contributed by atoms with Gasteiger partial charge in [0.15, 0.2) is 0 Å². The number of hydrogen-bond acceptors (Lipinski definition) is 4. The molecule has 3 rings (SSSR count). The van der Waals surface area contributed by atoms with Crippen LogP contribution in [0.2, 0.25) is 0 Å². The van der Waals surface area contributed by atoms with E-state index in [0.29, 0.717) is 29.9 Å². The van der Waals surface area contributed by atoms with Gasteiger partial charge in [-0.1, -0.05) is 17.7 Å². The molecule has 6 nitrogen and oxygen atoms in total. The van der Waals surface area contributed by atoms with E-state index in [4.69, 9.17) is 0 Å². The molecule has 0 saturated carbocycles. The first-order valence-corrected chi connectivity index (χ1v) is 11.5. The maximum Gasteiger partial charge on any atom is 0.262 e. The standard InChI is InChI=1S/C18H22N2O4S2/c1-14-5-7-16(8-6-14)19-26(23,24)18-10-9-17(13-15(18)2)20-11-3-4-12-25(20,21)22/h5-10,13,19H,3-4,11-12H2,1-2H3. The van der Waals surface area contributed by atoms with E-state index in [9.17, 15) is 16.8 Å². The van der Waals surface area contributed by atoms with Crippen molar-refractivity contribution in [3.63, 3.8) is 0 Å². The van der Waals surface area contributed by atoms with Gasteiger partial charge in [0.25, 0.3) is 10.0 Å². The second kappa shape index (κ2) is 6.92. The minimum Gasteiger partial charge on any atom is -0.280 e. The lowest BCUT2D eigenvalue weighted by atomic mass is 10.2. The number of benzene rings is 2. The number of aryl methyl sites for hydroxylation is 2. The Bertz CT molecular complexity index is 1010. The lowest BCUT2D eigenvalue weighted by Gasteiger charge is -2.28. The van der Waals surface area contributed by atoms with Crippen molar-refractivity contribution >= 4 is 31.4 Å². The Balaban J connectivity index is 1.90. The van der Waals surface area contributed by atoms with Gasteiger partial charge in [0.05, 0.1) is 16.3 Å². The van der Waals surface area contributed by atoms with Crippen molar-refractivity contribution in [2.75, 3.05) is 21.3 Å². The molecule has 0 radical (unpaired) electrons. The van der Waals surface area contributed by atoms with Crippen LogP contribution in [0.25, 0.3) is 0 Å². The number of nitrogens with zero attached hydrogens (tertiary/aromatic N) is 1. The summed E-state index contributed by atoms with van der Waals surface area (Å²) in [6.45, 7) is 4.02. The summed E-state index contributed by atoms with van der Waals surface area (Å²) in [7, 11) is -7.08. The molecule has 1 heterocycles. The number of hydrogen-bond donors (Lipinski definition) is 1. The van der Waals surface area contributed by atoms with Crippen LogP contribution in [0.5, 0.6) is 0 Å². The lowest BCUT2D eigenvalue weighted by Crippen LogP contribution is -2.37. The average molecular weight is 395 g/mol. The Kier molecular flexibility index (Phi) is 4.98. The third-order valence-electron chi connectivity index (χ3n) is 4.39. The van der Waals surface area contributed by atoms with Crippen molar-refractivity contribution in [1.82, 2.24) is 0 Å². The van der Waals surface area contributed by atoms with E-state index in [1.54, 1.807) is 31.2 Å². The van der Waals surface area contributed by atoms with Gasteiger partial charge in [-0.3, -0.25) is 9.03 Å².